The average Bonchev–Trinajstić information content (AvgIpc) is 2.78. The van der Waals surface area contributed by atoms with Crippen LogP contribution in [0.15, 0.2) is 47.3 Å². The molecule has 0 spiro atoms. The molecule has 0 unspecified atom stereocenters. The second-order valence-electron chi connectivity index (χ2n) is 7.81. The van der Waals surface area contributed by atoms with Gasteiger partial charge in [-0.25, -0.2) is 0 Å². The van der Waals surface area contributed by atoms with E-state index in [2.05, 4.69) is 47.3 Å². The van der Waals surface area contributed by atoms with Crippen molar-refractivity contribution in [3.8, 4) is 0 Å². The molecule has 4 rings (SSSR count). The van der Waals surface area contributed by atoms with Gasteiger partial charge in [0.05, 0.1) is 5.39 Å². The number of carbonyl (C=O) groups excluding carboxylic acids is 1. The highest BCUT2D eigenvalue weighted by molar-refractivity contribution is 5.81. The van der Waals surface area contributed by atoms with E-state index < -0.39 is 6.04 Å². The van der Waals surface area contributed by atoms with Crippen LogP contribution in [-0.2, 0) is 4.79 Å². The lowest BCUT2D eigenvalue weighted by atomic mass is 10.1. The molecule has 0 radical (unpaired) electrons. The minimum atomic E-state index is -0.637. The molecule has 1 atom stereocenters. The molecule has 2 aromatic carbocycles. The molecule has 30 heavy (non-hydrogen) atoms. The molecule has 1 amide bonds. The number of amides is 1. The predicted molar refractivity (Wildman–Crippen MR) is 118 cm³/mol. The number of carbonyl (C=O) groups is 1. The third-order valence-corrected chi connectivity index (χ3v) is 6.07. The Morgan fingerprint density at radius 3 is 2.50 bits per heavy atom. The Balaban J connectivity index is 1.52. The maximum absolute atomic E-state index is 13.3. The third-order valence-electron chi connectivity index (χ3n) is 6.07. The number of hydrogen-bond acceptors (Lipinski definition) is 5. The van der Waals surface area contributed by atoms with Crippen molar-refractivity contribution in [2.45, 2.75) is 33.2 Å². The lowest BCUT2D eigenvalue weighted by Crippen LogP contribution is -2.51. The van der Waals surface area contributed by atoms with E-state index in [1.807, 2.05) is 17.9 Å². The summed E-state index contributed by atoms with van der Waals surface area (Å²) in [4.78, 5) is 30.3. The van der Waals surface area contributed by atoms with Gasteiger partial charge in [-0.15, -0.1) is 5.10 Å². The van der Waals surface area contributed by atoms with Crippen LogP contribution in [0.25, 0.3) is 10.9 Å². The highest BCUT2D eigenvalue weighted by Gasteiger charge is 2.30. The molecule has 7 heteroatoms. The van der Waals surface area contributed by atoms with E-state index in [9.17, 15) is 9.59 Å². The van der Waals surface area contributed by atoms with Gasteiger partial charge in [-0.1, -0.05) is 36.4 Å². The number of aryl methyl sites for hydroxylation is 1. The largest absolute Gasteiger partial charge is 0.368 e. The molecule has 1 aromatic heterocycles. The van der Waals surface area contributed by atoms with Gasteiger partial charge in [-0.3, -0.25) is 9.59 Å². The van der Waals surface area contributed by atoms with Crippen molar-refractivity contribution >= 4 is 22.5 Å². The minimum absolute atomic E-state index is 0.0650. The number of rotatable bonds is 4. The third kappa shape index (κ3) is 3.56. The zero-order chi connectivity index (χ0) is 21.3. The topological polar surface area (TPSA) is 71.3 Å². The maximum atomic E-state index is 13.3. The zero-order valence-corrected chi connectivity index (χ0v) is 17.7. The van der Waals surface area contributed by atoms with Crippen molar-refractivity contribution in [1.29, 1.82) is 0 Å². The highest BCUT2D eigenvalue weighted by Crippen LogP contribution is 2.24. The second kappa shape index (κ2) is 8.26. The van der Waals surface area contributed by atoms with Gasteiger partial charge in [0.1, 0.15) is 11.6 Å². The van der Waals surface area contributed by atoms with E-state index in [1.165, 1.54) is 21.5 Å². The first kappa shape index (κ1) is 20.1. The summed E-state index contributed by atoms with van der Waals surface area (Å²) in [7, 11) is 0. The summed E-state index contributed by atoms with van der Waals surface area (Å²) < 4.78 is 1.25. The second-order valence-corrected chi connectivity index (χ2v) is 7.81. The molecule has 0 saturated carbocycles. The van der Waals surface area contributed by atoms with Gasteiger partial charge in [-0.2, -0.15) is 4.68 Å². The van der Waals surface area contributed by atoms with E-state index in [0.717, 1.165) is 13.1 Å². The van der Waals surface area contributed by atoms with E-state index >= 15 is 0 Å². The molecule has 1 saturated heterocycles. The Labute approximate surface area is 175 Å². The molecule has 2 heterocycles. The molecule has 0 bridgehead atoms. The van der Waals surface area contributed by atoms with Crippen LogP contribution in [0.1, 0.15) is 30.5 Å². The zero-order valence-electron chi connectivity index (χ0n) is 17.7. The van der Waals surface area contributed by atoms with Gasteiger partial charge < -0.3 is 9.80 Å². The van der Waals surface area contributed by atoms with Gasteiger partial charge in [0.2, 0.25) is 5.91 Å². The van der Waals surface area contributed by atoms with Gasteiger partial charge in [0.25, 0.3) is 5.56 Å². The fourth-order valence-corrected chi connectivity index (χ4v) is 4.11. The van der Waals surface area contributed by atoms with E-state index in [0.29, 0.717) is 30.4 Å². The number of nitrogens with zero attached hydrogens (tertiary/aromatic N) is 5. The van der Waals surface area contributed by atoms with Crippen LogP contribution in [0.5, 0.6) is 0 Å². The Kier molecular flexibility index (Phi) is 5.53. The number of piperazine rings is 1. The van der Waals surface area contributed by atoms with Crippen LogP contribution in [0.3, 0.4) is 0 Å². The number of fused-ring (bicyclic) bond motifs is 1. The molecular formula is C23H27N5O2. The van der Waals surface area contributed by atoms with Crippen molar-refractivity contribution in [1.82, 2.24) is 19.9 Å². The minimum Gasteiger partial charge on any atom is -0.368 e. The number of aromatic nitrogens is 3. The lowest BCUT2D eigenvalue weighted by molar-refractivity contribution is -0.135. The van der Waals surface area contributed by atoms with Crippen molar-refractivity contribution < 1.29 is 4.79 Å². The van der Waals surface area contributed by atoms with Crippen molar-refractivity contribution in [2.75, 3.05) is 31.1 Å². The molecule has 1 fully saturated rings. The summed E-state index contributed by atoms with van der Waals surface area (Å²) >= 11 is 0. The molecule has 1 aliphatic heterocycles. The Morgan fingerprint density at radius 2 is 1.77 bits per heavy atom. The molecule has 3 aromatic rings. The summed E-state index contributed by atoms with van der Waals surface area (Å²) in [6.45, 7) is 8.94. The van der Waals surface area contributed by atoms with Crippen LogP contribution in [0.4, 0.5) is 5.69 Å². The Hall–Kier alpha value is -3.22. The SMILES string of the molecule is CC[C@H](C(=O)N1CCN(c2cccc(C)c2C)CC1)n1nnc2ccccc2c1=O. The highest BCUT2D eigenvalue weighted by atomic mass is 16.2. The number of benzene rings is 2. The average molecular weight is 406 g/mol. The summed E-state index contributed by atoms with van der Waals surface area (Å²) in [6.07, 6.45) is 0.489. The van der Waals surface area contributed by atoms with E-state index in [1.54, 1.807) is 18.2 Å². The van der Waals surface area contributed by atoms with E-state index in [4.69, 9.17) is 0 Å². The molecule has 7 nitrogen and oxygen atoms in total. The van der Waals surface area contributed by atoms with Gasteiger partial charge in [0.15, 0.2) is 0 Å². The van der Waals surface area contributed by atoms with Crippen molar-refractivity contribution in [3.63, 3.8) is 0 Å². The van der Waals surface area contributed by atoms with Crippen LogP contribution >= 0.6 is 0 Å². The smallest absolute Gasteiger partial charge is 0.278 e. The van der Waals surface area contributed by atoms with Crippen LogP contribution in [0, 0.1) is 13.8 Å². The summed E-state index contributed by atoms with van der Waals surface area (Å²) in [5.41, 5.74) is 4.05. The summed E-state index contributed by atoms with van der Waals surface area (Å²) in [5, 5.41) is 8.70. The summed E-state index contributed by atoms with van der Waals surface area (Å²) in [5.74, 6) is -0.0650. The van der Waals surface area contributed by atoms with Crippen LogP contribution < -0.4 is 10.5 Å². The van der Waals surface area contributed by atoms with Crippen molar-refractivity contribution in [2.24, 2.45) is 0 Å². The fraction of sp³-hybridized carbons (Fsp3) is 0.391. The molecule has 0 N–H and O–H groups in total. The predicted octanol–water partition coefficient (Wildman–Crippen LogP) is 2.71. The van der Waals surface area contributed by atoms with Crippen LogP contribution in [-0.4, -0.2) is 52.0 Å². The molecule has 0 aliphatic carbocycles. The maximum Gasteiger partial charge on any atom is 0.278 e. The first-order chi connectivity index (χ1) is 14.5. The fourth-order valence-electron chi connectivity index (χ4n) is 4.11. The number of anilines is 1. The van der Waals surface area contributed by atoms with Crippen LogP contribution in [0.2, 0.25) is 0 Å². The molecule has 1 aliphatic rings. The van der Waals surface area contributed by atoms with Gasteiger partial charge >= 0.3 is 0 Å². The van der Waals surface area contributed by atoms with Crippen molar-refractivity contribution in [3.05, 3.63) is 63.9 Å². The first-order valence-corrected chi connectivity index (χ1v) is 10.5. The quantitative estimate of drug-likeness (QED) is 0.667. The standard InChI is InChI=1S/C23H27N5O2/c1-4-20(28-22(29)18-9-5-6-10-19(18)24-25-28)23(30)27-14-12-26(13-15-27)21-11-7-8-16(2)17(21)3/h5-11,20H,4,12-15H2,1-3H3/t20-/m1/s1. The Morgan fingerprint density at radius 1 is 1.03 bits per heavy atom. The summed E-state index contributed by atoms with van der Waals surface area (Å²) in [6, 6.07) is 12.8. The lowest BCUT2D eigenvalue weighted by Gasteiger charge is -2.38. The molecular weight excluding hydrogens is 378 g/mol. The van der Waals surface area contributed by atoms with Gasteiger partial charge in [-0.05, 0) is 49.6 Å². The number of hydrogen-bond donors (Lipinski definition) is 0. The van der Waals surface area contributed by atoms with E-state index in [-0.39, 0.29) is 11.5 Å². The first-order valence-electron chi connectivity index (χ1n) is 10.5. The normalized spacial score (nSPS) is 15.4. The van der Waals surface area contributed by atoms with Gasteiger partial charge in [0, 0.05) is 31.9 Å². The molecule has 156 valence electrons. The monoisotopic (exact) mass is 405 g/mol. The Bertz CT molecular complexity index is 1130.